The van der Waals surface area contributed by atoms with Crippen LogP contribution in [0.25, 0.3) is 0 Å². The van der Waals surface area contributed by atoms with Crippen molar-refractivity contribution in [3.8, 4) is 0 Å². The lowest BCUT2D eigenvalue weighted by Gasteiger charge is -2.40. The number of ether oxygens (including phenoxy) is 4. The SMILES string of the molecule is CCC(=O)OC(CC[C@H](C)[C@H](CC(CC)O[Si](C)(C)C(C)(C)C)OC)C(C)[C@H](OC)[C@H](C)COCc1ccccc1. The second kappa shape index (κ2) is 18.4. The predicted molar refractivity (Wildman–Crippen MR) is 172 cm³/mol. The van der Waals surface area contributed by atoms with Crippen molar-refractivity contribution < 1.29 is 28.2 Å². The van der Waals surface area contributed by atoms with E-state index in [9.17, 15) is 4.79 Å². The molecule has 0 fully saturated rings. The Morgan fingerprint density at radius 2 is 1.54 bits per heavy atom. The number of esters is 1. The lowest BCUT2D eigenvalue weighted by molar-refractivity contribution is -0.156. The summed E-state index contributed by atoms with van der Waals surface area (Å²) in [5, 5.41) is 0.169. The van der Waals surface area contributed by atoms with Gasteiger partial charge in [-0.1, -0.05) is 85.7 Å². The fourth-order valence-electron chi connectivity index (χ4n) is 5.21. The molecule has 0 aliphatic rings. The molecule has 1 aromatic rings. The molecule has 0 saturated carbocycles. The largest absolute Gasteiger partial charge is 0.462 e. The Labute approximate surface area is 253 Å². The van der Waals surface area contributed by atoms with Crippen molar-refractivity contribution in [3.05, 3.63) is 35.9 Å². The lowest BCUT2D eigenvalue weighted by Crippen LogP contribution is -2.45. The monoisotopic (exact) mass is 594 g/mol. The Bertz CT molecular complexity index is 839. The minimum atomic E-state index is -1.87. The first kappa shape index (κ1) is 37.8. The van der Waals surface area contributed by atoms with Crippen molar-refractivity contribution >= 4 is 14.3 Å². The van der Waals surface area contributed by atoms with Crippen LogP contribution in [0.3, 0.4) is 0 Å². The zero-order valence-electron chi connectivity index (χ0n) is 28.3. The van der Waals surface area contributed by atoms with Gasteiger partial charge in [-0.05, 0) is 55.3 Å². The number of hydrogen-bond donors (Lipinski definition) is 0. The van der Waals surface area contributed by atoms with Crippen LogP contribution in [0.2, 0.25) is 18.1 Å². The molecule has 7 heteroatoms. The molecule has 41 heavy (non-hydrogen) atoms. The Hall–Kier alpha value is -1.25. The molecule has 0 spiro atoms. The van der Waals surface area contributed by atoms with Gasteiger partial charge in [0.1, 0.15) is 6.10 Å². The van der Waals surface area contributed by atoms with Crippen LogP contribution in [-0.4, -0.2) is 59.5 Å². The molecule has 1 rings (SSSR count). The van der Waals surface area contributed by atoms with Gasteiger partial charge in [-0.25, -0.2) is 0 Å². The van der Waals surface area contributed by atoms with Crippen molar-refractivity contribution in [1.82, 2.24) is 0 Å². The molecule has 0 radical (unpaired) electrons. The first-order valence-corrected chi connectivity index (χ1v) is 18.7. The zero-order chi connectivity index (χ0) is 31.2. The van der Waals surface area contributed by atoms with Gasteiger partial charge in [-0.3, -0.25) is 4.79 Å². The molecule has 7 atom stereocenters. The molecule has 1 aromatic carbocycles. The second-order valence-electron chi connectivity index (χ2n) is 13.4. The summed E-state index contributed by atoms with van der Waals surface area (Å²) >= 11 is 0. The molecule has 6 nitrogen and oxygen atoms in total. The molecule has 0 amide bonds. The Morgan fingerprint density at radius 1 is 0.902 bits per heavy atom. The van der Waals surface area contributed by atoms with E-state index in [1.54, 1.807) is 14.2 Å². The number of methoxy groups -OCH3 is 2. The Balaban J connectivity index is 2.86. The number of carbonyl (C=O) groups excluding carboxylic acids is 1. The van der Waals surface area contributed by atoms with E-state index in [2.05, 4.69) is 73.7 Å². The highest BCUT2D eigenvalue weighted by Crippen LogP contribution is 2.38. The number of carbonyl (C=O) groups is 1. The summed E-state index contributed by atoms with van der Waals surface area (Å²) in [7, 11) is 1.67. The summed E-state index contributed by atoms with van der Waals surface area (Å²) in [6.07, 6.45) is 3.73. The van der Waals surface area contributed by atoms with E-state index < -0.39 is 8.32 Å². The van der Waals surface area contributed by atoms with Crippen molar-refractivity contribution in [2.75, 3.05) is 20.8 Å². The smallest absolute Gasteiger partial charge is 0.305 e. The summed E-state index contributed by atoms with van der Waals surface area (Å²) < 4.78 is 30.8. The number of hydrogen-bond acceptors (Lipinski definition) is 6. The fraction of sp³-hybridized carbons (Fsp3) is 0.794. The van der Waals surface area contributed by atoms with E-state index >= 15 is 0 Å². The summed E-state index contributed by atoms with van der Waals surface area (Å²) in [5.41, 5.74) is 1.15. The third-order valence-corrected chi connectivity index (χ3v) is 13.6. The Morgan fingerprint density at radius 3 is 2.05 bits per heavy atom. The van der Waals surface area contributed by atoms with Gasteiger partial charge in [0.15, 0.2) is 8.32 Å². The van der Waals surface area contributed by atoms with Crippen molar-refractivity contribution in [1.29, 1.82) is 0 Å². The predicted octanol–water partition coefficient (Wildman–Crippen LogP) is 8.43. The first-order chi connectivity index (χ1) is 19.2. The maximum absolute atomic E-state index is 12.4. The first-order valence-electron chi connectivity index (χ1n) is 15.7. The summed E-state index contributed by atoms with van der Waals surface area (Å²) in [5.74, 6) is 0.280. The van der Waals surface area contributed by atoms with Crippen molar-refractivity contribution in [3.63, 3.8) is 0 Å². The highest BCUT2D eigenvalue weighted by Gasteiger charge is 2.39. The zero-order valence-corrected chi connectivity index (χ0v) is 29.3. The quantitative estimate of drug-likeness (QED) is 0.112. The van der Waals surface area contributed by atoms with Crippen LogP contribution in [-0.2, 0) is 34.8 Å². The van der Waals surface area contributed by atoms with Crippen LogP contribution in [0, 0.1) is 17.8 Å². The van der Waals surface area contributed by atoms with Crippen LogP contribution >= 0.6 is 0 Å². The number of rotatable bonds is 20. The van der Waals surface area contributed by atoms with Gasteiger partial charge in [0.05, 0.1) is 25.4 Å². The normalized spacial score (nSPS) is 17.8. The second-order valence-corrected chi connectivity index (χ2v) is 18.1. The molecule has 0 aromatic heterocycles. The Kier molecular flexibility index (Phi) is 17.0. The highest BCUT2D eigenvalue weighted by molar-refractivity contribution is 6.74. The van der Waals surface area contributed by atoms with Crippen LogP contribution < -0.4 is 0 Å². The lowest BCUT2D eigenvalue weighted by atomic mass is 9.85. The minimum absolute atomic E-state index is 0.0179. The summed E-state index contributed by atoms with van der Waals surface area (Å²) in [6, 6.07) is 10.2. The number of benzene rings is 1. The third kappa shape index (κ3) is 12.9. The standard InChI is InChI=1S/C34H62O6Si/c1-13-29(40-41(11,12)34(6,7)8)22-31(36-9)25(3)20-21-30(39-32(35)14-2)27(5)33(37-10)26(4)23-38-24-28-18-16-15-17-19-28/h15-19,25-27,29-31,33H,13-14,20-24H2,1-12H3/t25-,26+,27?,29?,30?,31-,33+/m0/s1. The molecule has 3 unspecified atom stereocenters. The fourth-order valence-corrected chi connectivity index (χ4v) is 6.66. The van der Waals surface area contributed by atoms with Crippen molar-refractivity contribution in [2.24, 2.45) is 17.8 Å². The van der Waals surface area contributed by atoms with Gasteiger partial charge in [-0.15, -0.1) is 0 Å². The van der Waals surface area contributed by atoms with Gasteiger partial charge >= 0.3 is 5.97 Å². The maximum Gasteiger partial charge on any atom is 0.305 e. The maximum atomic E-state index is 12.4. The van der Waals surface area contributed by atoms with Gasteiger partial charge in [0, 0.05) is 38.6 Å². The van der Waals surface area contributed by atoms with Crippen molar-refractivity contribution in [2.45, 2.75) is 137 Å². The molecule has 0 N–H and O–H groups in total. The van der Waals surface area contributed by atoms with Gasteiger partial charge in [-0.2, -0.15) is 0 Å². The molecule has 0 bridgehead atoms. The van der Waals surface area contributed by atoms with E-state index in [1.165, 1.54) is 0 Å². The van der Waals surface area contributed by atoms with E-state index in [4.69, 9.17) is 23.4 Å². The van der Waals surface area contributed by atoms with Crippen LogP contribution in [0.4, 0.5) is 0 Å². The van der Waals surface area contributed by atoms with E-state index in [0.29, 0.717) is 25.6 Å². The van der Waals surface area contributed by atoms with E-state index in [1.807, 2.05) is 25.1 Å². The molecule has 0 aliphatic heterocycles. The van der Waals surface area contributed by atoms with Gasteiger partial charge in [0.2, 0.25) is 0 Å². The topological polar surface area (TPSA) is 63.2 Å². The summed E-state index contributed by atoms with van der Waals surface area (Å²) in [6.45, 7) is 23.2. The molecule has 0 saturated heterocycles. The van der Waals surface area contributed by atoms with Crippen LogP contribution in [0.5, 0.6) is 0 Å². The molecular weight excluding hydrogens is 532 g/mol. The van der Waals surface area contributed by atoms with E-state index in [-0.39, 0.29) is 47.3 Å². The molecule has 0 heterocycles. The van der Waals surface area contributed by atoms with Gasteiger partial charge < -0.3 is 23.4 Å². The van der Waals surface area contributed by atoms with Gasteiger partial charge in [0.25, 0.3) is 0 Å². The summed E-state index contributed by atoms with van der Waals surface area (Å²) in [4.78, 5) is 12.4. The molecular formula is C34H62O6Si. The average molecular weight is 595 g/mol. The van der Waals surface area contributed by atoms with Crippen LogP contribution in [0.1, 0.15) is 93.1 Å². The molecule has 0 aliphatic carbocycles. The molecule has 238 valence electrons. The van der Waals surface area contributed by atoms with Crippen LogP contribution in [0.15, 0.2) is 30.3 Å². The minimum Gasteiger partial charge on any atom is -0.462 e. The van der Waals surface area contributed by atoms with E-state index in [0.717, 1.165) is 31.2 Å². The highest BCUT2D eigenvalue weighted by atomic mass is 28.4. The average Bonchev–Trinajstić information content (AvgIpc) is 2.92. The third-order valence-electron chi connectivity index (χ3n) is 9.06.